The molecule has 1 heterocycles. The van der Waals surface area contributed by atoms with Crippen LogP contribution >= 0.6 is 0 Å². The van der Waals surface area contributed by atoms with E-state index in [0.717, 1.165) is 6.42 Å². The number of hydrogen-bond acceptors (Lipinski definition) is 2. The maximum atomic E-state index is 11.8. The van der Waals surface area contributed by atoms with Crippen molar-refractivity contribution in [1.29, 1.82) is 0 Å². The molecular formula is C11H20N2O2. The second-order valence-electron chi connectivity index (χ2n) is 5.07. The van der Waals surface area contributed by atoms with E-state index < -0.39 is 0 Å². The molecule has 0 spiro atoms. The average molecular weight is 212 g/mol. The summed E-state index contributed by atoms with van der Waals surface area (Å²) in [5.41, 5.74) is -0.213. The molecule has 0 aromatic rings. The number of piperazine rings is 1. The molecule has 0 aliphatic carbocycles. The molecule has 2 amide bonds. The molecule has 15 heavy (non-hydrogen) atoms. The Labute approximate surface area is 91.0 Å². The van der Waals surface area contributed by atoms with Crippen molar-refractivity contribution in [1.82, 2.24) is 10.2 Å². The van der Waals surface area contributed by atoms with Crippen molar-refractivity contribution in [3.63, 3.8) is 0 Å². The molecule has 0 bridgehead atoms. The van der Waals surface area contributed by atoms with E-state index in [2.05, 4.69) is 5.32 Å². The van der Waals surface area contributed by atoms with Gasteiger partial charge in [0.15, 0.2) is 0 Å². The fourth-order valence-corrected chi connectivity index (χ4v) is 2.00. The predicted octanol–water partition coefficient (Wildman–Crippen LogP) is 0.769. The van der Waals surface area contributed by atoms with E-state index in [9.17, 15) is 9.59 Å². The van der Waals surface area contributed by atoms with Crippen LogP contribution in [-0.4, -0.2) is 35.8 Å². The highest BCUT2D eigenvalue weighted by atomic mass is 16.2. The van der Waals surface area contributed by atoms with Gasteiger partial charge in [-0.2, -0.15) is 0 Å². The summed E-state index contributed by atoms with van der Waals surface area (Å²) < 4.78 is 0. The first-order chi connectivity index (χ1) is 6.88. The van der Waals surface area contributed by atoms with Gasteiger partial charge < -0.3 is 10.2 Å². The third-order valence-corrected chi connectivity index (χ3v) is 2.58. The zero-order valence-electron chi connectivity index (χ0n) is 9.96. The van der Waals surface area contributed by atoms with Gasteiger partial charge in [0.1, 0.15) is 6.04 Å². The molecule has 1 N–H and O–H groups in total. The van der Waals surface area contributed by atoms with Crippen LogP contribution in [0.2, 0.25) is 0 Å². The van der Waals surface area contributed by atoms with Crippen LogP contribution in [0.5, 0.6) is 0 Å². The van der Waals surface area contributed by atoms with Crippen molar-refractivity contribution < 1.29 is 9.59 Å². The molecule has 0 saturated carbocycles. The maximum absolute atomic E-state index is 11.8. The van der Waals surface area contributed by atoms with E-state index in [0.29, 0.717) is 6.54 Å². The lowest BCUT2D eigenvalue weighted by Gasteiger charge is -2.41. The van der Waals surface area contributed by atoms with Crippen LogP contribution in [0.1, 0.15) is 34.1 Å². The summed E-state index contributed by atoms with van der Waals surface area (Å²) in [6, 6.07) is -0.335. The molecule has 4 nitrogen and oxygen atoms in total. The van der Waals surface area contributed by atoms with Gasteiger partial charge in [-0.15, -0.1) is 0 Å². The first-order valence-corrected chi connectivity index (χ1v) is 5.45. The third-order valence-electron chi connectivity index (χ3n) is 2.58. The number of amides is 2. The largest absolute Gasteiger partial charge is 0.345 e. The first-order valence-electron chi connectivity index (χ1n) is 5.45. The topological polar surface area (TPSA) is 49.4 Å². The SMILES string of the molecule is CCCN1C(=O)CNC(=O)C1C(C)(C)C. The van der Waals surface area contributed by atoms with E-state index in [1.54, 1.807) is 4.90 Å². The van der Waals surface area contributed by atoms with Crippen LogP contribution in [0.15, 0.2) is 0 Å². The normalized spacial score (nSPS) is 22.9. The van der Waals surface area contributed by atoms with E-state index in [1.807, 2.05) is 27.7 Å². The summed E-state index contributed by atoms with van der Waals surface area (Å²) in [5, 5.41) is 2.65. The minimum absolute atomic E-state index is 0.0244. The number of rotatable bonds is 2. The highest BCUT2D eigenvalue weighted by Crippen LogP contribution is 2.26. The molecule has 1 fully saturated rings. The van der Waals surface area contributed by atoms with Gasteiger partial charge in [-0.25, -0.2) is 0 Å². The van der Waals surface area contributed by atoms with Crippen LogP contribution in [0, 0.1) is 5.41 Å². The van der Waals surface area contributed by atoms with Crippen LogP contribution in [-0.2, 0) is 9.59 Å². The summed E-state index contributed by atoms with van der Waals surface area (Å²) in [7, 11) is 0. The second-order valence-corrected chi connectivity index (χ2v) is 5.07. The maximum Gasteiger partial charge on any atom is 0.243 e. The zero-order chi connectivity index (χ0) is 11.6. The average Bonchev–Trinajstić information content (AvgIpc) is 2.09. The molecule has 0 aromatic carbocycles. The molecule has 1 aliphatic rings. The molecule has 1 unspecified atom stereocenters. The number of carbonyl (C=O) groups is 2. The number of nitrogens with one attached hydrogen (secondary N) is 1. The molecule has 1 aliphatic heterocycles. The van der Waals surface area contributed by atoms with Gasteiger partial charge in [0.25, 0.3) is 0 Å². The third kappa shape index (κ3) is 2.49. The Morgan fingerprint density at radius 1 is 1.40 bits per heavy atom. The Kier molecular flexibility index (Phi) is 3.37. The highest BCUT2D eigenvalue weighted by molar-refractivity contribution is 5.95. The molecule has 1 rings (SSSR count). The minimum atomic E-state index is -0.335. The van der Waals surface area contributed by atoms with Crippen LogP contribution in [0.3, 0.4) is 0 Å². The Hall–Kier alpha value is -1.06. The fraction of sp³-hybridized carbons (Fsp3) is 0.818. The lowest BCUT2D eigenvalue weighted by Crippen LogP contribution is -2.62. The van der Waals surface area contributed by atoms with Gasteiger partial charge in [-0.3, -0.25) is 9.59 Å². The van der Waals surface area contributed by atoms with Gasteiger partial charge in [0.05, 0.1) is 6.54 Å². The fourth-order valence-electron chi connectivity index (χ4n) is 2.00. The lowest BCUT2D eigenvalue weighted by molar-refractivity contribution is -0.150. The van der Waals surface area contributed by atoms with Gasteiger partial charge in [-0.05, 0) is 11.8 Å². The number of hydrogen-bond donors (Lipinski definition) is 1. The lowest BCUT2D eigenvalue weighted by atomic mass is 9.84. The number of nitrogens with zero attached hydrogens (tertiary/aromatic N) is 1. The van der Waals surface area contributed by atoms with Crippen LogP contribution in [0.4, 0.5) is 0 Å². The summed E-state index contributed by atoms with van der Waals surface area (Å²) >= 11 is 0. The summed E-state index contributed by atoms with van der Waals surface area (Å²) in [4.78, 5) is 25.2. The first kappa shape index (κ1) is 12.0. The van der Waals surface area contributed by atoms with Crippen LogP contribution in [0.25, 0.3) is 0 Å². The zero-order valence-corrected chi connectivity index (χ0v) is 9.96. The number of carbonyl (C=O) groups excluding carboxylic acids is 2. The highest BCUT2D eigenvalue weighted by Gasteiger charge is 2.41. The Morgan fingerprint density at radius 2 is 2.00 bits per heavy atom. The monoisotopic (exact) mass is 212 g/mol. The van der Waals surface area contributed by atoms with Crippen molar-refractivity contribution in [2.45, 2.75) is 40.2 Å². The quantitative estimate of drug-likeness (QED) is 0.735. The van der Waals surface area contributed by atoms with E-state index >= 15 is 0 Å². The van der Waals surface area contributed by atoms with Gasteiger partial charge in [0, 0.05) is 6.54 Å². The summed E-state index contributed by atoms with van der Waals surface area (Å²) in [5.74, 6) is -0.00748. The Morgan fingerprint density at radius 3 is 2.47 bits per heavy atom. The van der Waals surface area contributed by atoms with Gasteiger partial charge in [-0.1, -0.05) is 27.7 Å². The van der Waals surface area contributed by atoms with Gasteiger partial charge >= 0.3 is 0 Å². The molecule has 0 radical (unpaired) electrons. The van der Waals surface area contributed by atoms with Crippen molar-refractivity contribution in [3.8, 4) is 0 Å². The molecular weight excluding hydrogens is 192 g/mol. The molecule has 0 aromatic heterocycles. The Balaban J connectivity index is 2.93. The van der Waals surface area contributed by atoms with Gasteiger partial charge in [0.2, 0.25) is 11.8 Å². The molecule has 1 saturated heterocycles. The second kappa shape index (κ2) is 4.21. The van der Waals surface area contributed by atoms with Crippen molar-refractivity contribution in [2.75, 3.05) is 13.1 Å². The summed E-state index contributed by atoms with van der Waals surface area (Å²) in [6.07, 6.45) is 0.881. The van der Waals surface area contributed by atoms with E-state index in [-0.39, 0.29) is 29.8 Å². The Bertz CT molecular complexity index is 268. The smallest absolute Gasteiger partial charge is 0.243 e. The van der Waals surface area contributed by atoms with Crippen LogP contribution < -0.4 is 5.32 Å². The summed E-state index contributed by atoms with van der Waals surface area (Å²) in [6.45, 7) is 8.77. The predicted molar refractivity (Wildman–Crippen MR) is 58.3 cm³/mol. The van der Waals surface area contributed by atoms with Crippen molar-refractivity contribution in [2.24, 2.45) is 5.41 Å². The van der Waals surface area contributed by atoms with Crippen molar-refractivity contribution >= 4 is 11.8 Å². The van der Waals surface area contributed by atoms with E-state index in [1.165, 1.54) is 0 Å². The molecule has 1 atom stereocenters. The van der Waals surface area contributed by atoms with E-state index in [4.69, 9.17) is 0 Å². The minimum Gasteiger partial charge on any atom is -0.345 e. The standard InChI is InChI=1S/C11H20N2O2/c1-5-6-13-8(14)7-12-10(15)9(13)11(2,3)4/h9H,5-7H2,1-4H3,(H,12,15). The molecule has 86 valence electrons. The van der Waals surface area contributed by atoms with Crippen molar-refractivity contribution in [3.05, 3.63) is 0 Å². The molecule has 4 heteroatoms.